The van der Waals surface area contributed by atoms with E-state index in [0.29, 0.717) is 6.42 Å². The van der Waals surface area contributed by atoms with Crippen molar-refractivity contribution in [3.8, 4) is 6.07 Å². The van der Waals surface area contributed by atoms with Gasteiger partial charge in [0, 0.05) is 30.9 Å². The summed E-state index contributed by atoms with van der Waals surface area (Å²) >= 11 is 0. The lowest BCUT2D eigenvalue weighted by Gasteiger charge is -2.37. The quantitative estimate of drug-likeness (QED) is 0.186. The van der Waals surface area contributed by atoms with Gasteiger partial charge in [0.1, 0.15) is 7.85 Å². The Balaban J connectivity index is 2.83. The van der Waals surface area contributed by atoms with Crippen molar-refractivity contribution in [2.75, 3.05) is 19.8 Å². The Hall–Kier alpha value is -0.0951. The van der Waals surface area contributed by atoms with Crippen LogP contribution in [0.4, 0.5) is 4.39 Å². The van der Waals surface area contributed by atoms with E-state index in [4.69, 9.17) is 35.9 Å². The van der Waals surface area contributed by atoms with Crippen LogP contribution < -0.4 is 0 Å². The van der Waals surface area contributed by atoms with Gasteiger partial charge in [-0.15, -0.1) is 0 Å². The molecule has 1 heterocycles. The van der Waals surface area contributed by atoms with Gasteiger partial charge in [-0.3, -0.25) is 4.57 Å². The van der Waals surface area contributed by atoms with Gasteiger partial charge in [0.2, 0.25) is 5.91 Å². The number of halogens is 1. The number of nitriles is 1. The van der Waals surface area contributed by atoms with E-state index in [0.717, 1.165) is 0 Å². The van der Waals surface area contributed by atoms with E-state index < -0.39 is 40.2 Å². The van der Waals surface area contributed by atoms with E-state index in [9.17, 15) is 8.96 Å². The van der Waals surface area contributed by atoms with Crippen molar-refractivity contribution in [1.29, 1.82) is 5.26 Å². The summed E-state index contributed by atoms with van der Waals surface area (Å²) < 4.78 is 57.5. The lowest BCUT2D eigenvalue weighted by Crippen LogP contribution is -2.36. The zero-order chi connectivity index (χ0) is 23.6. The van der Waals surface area contributed by atoms with E-state index in [-0.39, 0.29) is 44.7 Å². The summed E-state index contributed by atoms with van der Waals surface area (Å²) in [7, 11) is 0.730. The topological polar surface area (TPSA) is 90.3 Å². The summed E-state index contributed by atoms with van der Waals surface area (Å²) in [6.45, 7) is 11.8. The maximum atomic E-state index is 14.8. The molecule has 178 valence electrons. The number of alkyl halides is 1. The second-order valence-electron chi connectivity index (χ2n) is 7.69. The van der Waals surface area contributed by atoms with Gasteiger partial charge in [0.15, 0.2) is 0 Å². The minimum absolute atomic E-state index is 0.0824. The minimum atomic E-state index is -3.88. The summed E-state index contributed by atoms with van der Waals surface area (Å²) in [5.41, 5.74) is 0. The van der Waals surface area contributed by atoms with E-state index >= 15 is 0 Å². The first kappa shape index (κ1) is 28.9. The molecule has 1 aliphatic heterocycles. The van der Waals surface area contributed by atoms with Crippen LogP contribution in [0.15, 0.2) is 0 Å². The Kier molecular flexibility index (Phi) is 13.3. The third-order valence-corrected chi connectivity index (χ3v) is 8.81. The average Bonchev–Trinajstić information content (AvgIpc) is 3.00. The van der Waals surface area contributed by atoms with Gasteiger partial charge in [0.05, 0.1) is 44.5 Å². The second kappa shape index (κ2) is 14.2. The summed E-state index contributed by atoms with van der Waals surface area (Å²) in [5.74, 6) is -1.82. The van der Waals surface area contributed by atoms with Crippen molar-refractivity contribution in [2.24, 2.45) is 0 Å². The number of hydrogen-bond donors (Lipinski definition) is 0. The first-order valence-corrected chi connectivity index (χ1v) is 13.5. The highest BCUT2D eigenvalue weighted by molar-refractivity contribution is 7.54. The smallest absolute Gasteiger partial charge is 0.364 e. The van der Waals surface area contributed by atoms with Crippen molar-refractivity contribution in [2.45, 2.75) is 97.0 Å². The maximum absolute atomic E-state index is 14.8. The van der Waals surface area contributed by atoms with Crippen LogP contribution in [-0.2, 0) is 27.4 Å². The predicted molar refractivity (Wildman–Crippen MR) is 119 cm³/mol. The molecule has 0 amide bonds. The normalized spacial score (nSPS) is 24.1. The second-order valence-corrected chi connectivity index (χ2v) is 11.3. The summed E-state index contributed by atoms with van der Waals surface area (Å²) in [6, 6.07) is 1.56. The molecule has 0 aromatic carbocycles. The molecule has 2 radical (unpaired) electrons. The zero-order valence-corrected chi connectivity index (χ0v) is 21.2. The molecular weight excluding hydrogens is 444 g/mol. The molecule has 0 spiro atoms. The van der Waals surface area contributed by atoms with E-state index in [1.807, 2.05) is 27.7 Å². The SMILES string of the molecule is [B]C1OC(CC(F)P(=O)(OCC)OCC)CC1OP(OCCC#N)N(C(C)C)C(C)C. The Morgan fingerprint density at radius 1 is 1.26 bits per heavy atom. The zero-order valence-electron chi connectivity index (χ0n) is 19.4. The van der Waals surface area contributed by atoms with Crippen molar-refractivity contribution in [3.63, 3.8) is 0 Å². The highest BCUT2D eigenvalue weighted by Gasteiger charge is 2.43. The monoisotopic (exact) mass is 480 g/mol. The Morgan fingerprint density at radius 3 is 2.32 bits per heavy atom. The van der Waals surface area contributed by atoms with Crippen molar-refractivity contribution in [3.05, 3.63) is 0 Å². The van der Waals surface area contributed by atoms with Crippen LogP contribution in [0.3, 0.4) is 0 Å². The van der Waals surface area contributed by atoms with Gasteiger partial charge < -0.3 is 22.8 Å². The molecule has 1 rings (SSSR count). The lowest BCUT2D eigenvalue weighted by atomic mass is 9.94. The molecule has 1 fully saturated rings. The number of ether oxygens (including phenoxy) is 1. The van der Waals surface area contributed by atoms with E-state index in [1.54, 1.807) is 13.8 Å². The van der Waals surface area contributed by atoms with Crippen LogP contribution in [0.2, 0.25) is 0 Å². The minimum Gasteiger partial charge on any atom is -0.382 e. The highest BCUT2D eigenvalue weighted by Crippen LogP contribution is 2.56. The fourth-order valence-electron chi connectivity index (χ4n) is 3.33. The van der Waals surface area contributed by atoms with Crippen LogP contribution in [0, 0.1) is 11.3 Å². The molecule has 1 aliphatic rings. The van der Waals surface area contributed by atoms with Gasteiger partial charge in [0.25, 0.3) is 8.53 Å². The first-order chi connectivity index (χ1) is 14.6. The number of nitrogens with zero attached hydrogens (tertiary/aromatic N) is 2. The number of hydrogen-bond acceptors (Lipinski definition) is 8. The Morgan fingerprint density at radius 2 is 1.84 bits per heavy atom. The molecule has 5 atom stereocenters. The first-order valence-electron chi connectivity index (χ1n) is 10.8. The van der Waals surface area contributed by atoms with E-state index in [1.165, 1.54) is 0 Å². The molecule has 0 aromatic heterocycles. The maximum Gasteiger partial charge on any atom is 0.364 e. The van der Waals surface area contributed by atoms with Gasteiger partial charge >= 0.3 is 7.60 Å². The molecule has 0 aromatic rings. The van der Waals surface area contributed by atoms with Crippen LogP contribution >= 0.6 is 16.1 Å². The van der Waals surface area contributed by atoms with Gasteiger partial charge in [-0.05, 0) is 41.5 Å². The van der Waals surface area contributed by atoms with Crippen molar-refractivity contribution < 1.29 is 31.8 Å². The molecule has 0 bridgehead atoms. The van der Waals surface area contributed by atoms with Crippen LogP contribution in [0.5, 0.6) is 0 Å². The average molecular weight is 480 g/mol. The highest BCUT2D eigenvalue weighted by atomic mass is 31.2. The predicted octanol–water partition coefficient (Wildman–Crippen LogP) is 4.88. The van der Waals surface area contributed by atoms with Crippen LogP contribution in [0.1, 0.15) is 60.8 Å². The molecule has 0 saturated carbocycles. The molecular formula is C19H36BFN2O6P2. The number of rotatable bonds is 15. The molecule has 0 N–H and O–H groups in total. The third kappa shape index (κ3) is 8.99. The van der Waals surface area contributed by atoms with E-state index in [2.05, 4.69) is 10.7 Å². The Bertz CT molecular complexity index is 594. The van der Waals surface area contributed by atoms with Crippen molar-refractivity contribution >= 4 is 24.0 Å². The van der Waals surface area contributed by atoms with Gasteiger partial charge in [-0.25, -0.2) is 9.06 Å². The summed E-state index contributed by atoms with van der Waals surface area (Å²) in [5, 5.41) is 8.83. The molecule has 5 unspecified atom stereocenters. The van der Waals surface area contributed by atoms with Crippen molar-refractivity contribution in [1.82, 2.24) is 4.67 Å². The van der Waals surface area contributed by atoms with Crippen LogP contribution in [-0.4, -0.2) is 68.5 Å². The third-order valence-electron chi connectivity index (χ3n) is 4.52. The lowest BCUT2D eigenvalue weighted by molar-refractivity contribution is 0.0475. The fourth-order valence-corrected chi connectivity index (χ4v) is 6.68. The molecule has 0 aliphatic carbocycles. The molecule has 1 saturated heterocycles. The van der Waals surface area contributed by atoms with Gasteiger partial charge in [-0.2, -0.15) is 5.26 Å². The fraction of sp³-hybridized carbons (Fsp3) is 0.947. The Labute approximate surface area is 189 Å². The van der Waals surface area contributed by atoms with Gasteiger partial charge in [-0.1, -0.05) is 0 Å². The van der Waals surface area contributed by atoms with Crippen LogP contribution in [0.25, 0.3) is 0 Å². The summed E-state index contributed by atoms with van der Waals surface area (Å²) in [4.78, 5) is 0. The summed E-state index contributed by atoms with van der Waals surface area (Å²) in [6.07, 6.45) is -0.716. The molecule has 31 heavy (non-hydrogen) atoms. The standard InChI is InChI=1S/C19H36BFN2O6P2/c1-7-26-31(24,27-8-2)18(21)13-16-12-17(19(20)28-16)29-30(25-11-9-10-22)23(14(3)4)15(5)6/h14-19H,7-9,11-13H2,1-6H3. The largest absolute Gasteiger partial charge is 0.382 e. The molecule has 12 heteroatoms. The molecule has 8 nitrogen and oxygen atoms in total.